The van der Waals surface area contributed by atoms with Crippen molar-refractivity contribution in [1.29, 1.82) is 0 Å². The molecule has 0 bridgehead atoms. The summed E-state index contributed by atoms with van der Waals surface area (Å²) in [5.74, 6) is -0.498. The van der Waals surface area contributed by atoms with Crippen LogP contribution < -0.4 is 5.32 Å². The van der Waals surface area contributed by atoms with Gasteiger partial charge in [0, 0.05) is 19.7 Å². The molecule has 0 radical (unpaired) electrons. The third-order valence-electron chi connectivity index (χ3n) is 3.48. The van der Waals surface area contributed by atoms with E-state index >= 15 is 0 Å². The molecular weight excluding hydrogens is 314 g/mol. The van der Waals surface area contributed by atoms with E-state index in [1.807, 2.05) is 0 Å². The minimum atomic E-state index is -3.68. The molecule has 6 nitrogen and oxygen atoms in total. The van der Waals surface area contributed by atoms with Crippen molar-refractivity contribution in [3.05, 3.63) is 30.3 Å². The molecule has 0 saturated carbocycles. The number of rotatable bonds is 6. The first-order chi connectivity index (χ1) is 9.87. The maximum absolute atomic E-state index is 12.6. The Hall–Kier alpha value is -0.960. The second-order valence-electron chi connectivity index (χ2n) is 5.03. The van der Waals surface area contributed by atoms with Crippen LogP contribution in [0.1, 0.15) is 0 Å². The standard InChI is InChI=1S/C13H19NO5S2/c1-19-8-7-14-12-9-20(15,16)10-13(12)21(17,18)11-5-3-2-4-6-11/h2-6,12-14H,7-10H2,1H3. The van der Waals surface area contributed by atoms with E-state index in [1.54, 1.807) is 18.2 Å². The van der Waals surface area contributed by atoms with Gasteiger partial charge in [0.15, 0.2) is 19.7 Å². The van der Waals surface area contributed by atoms with Crippen molar-refractivity contribution in [1.82, 2.24) is 5.32 Å². The van der Waals surface area contributed by atoms with Crippen molar-refractivity contribution < 1.29 is 21.6 Å². The van der Waals surface area contributed by atoms with Gasteiger partial charge >= 0.3 is 0 Å². The van der Waals surface area contributed by atoms with Crippen LogP contribution in [0.5, 0.6) is 0 Å². The summed E-state index contributed by atoms with van der Waals surface area (Å²) in [6.45, 7) is 0.812. The van der Waals surface area contributed by atoms with Gasteiger partial charge in [0.25, 0.3) is 0 Å². The zero-order valence-electron chi connectivity index (χ0n) is 11.7. The summed E-state index contributed by atoms with van der Waals surface area (Å²) >= 11 is 0. The molecule has 1 aromatic carbocycles. The molecule has 1 saturated heterocycles. The molecule has 118 valence electrons. The van der Waals surface area contributed by atoms with Crippen molar-refractivity contribution in [2.75, 3.05) is 31.8 Å². The topological polar surface area (TPSA) is 89.5 Å². The highest BCUT2D eigenvalue weighted by molar-refractivity contribution is 7.96. The van der Waals surface area contributed by atoms with Crippen molar-refractivity contribution in [2.24, 2.45) is 0 Å². The third-order valence-corrected chi connectivity index (χ3v) is 7.65. The molecule has 21 heavy (non-hydrogen) atoms. The van der Waals surface area contributed by atoms with E-state index < -0.39 is 31.0 Å². The molecule has 0 amide bonds. The Bertz CT molecular complexity index is 670. The summed E-state index contributed by atoms with van der Waals surface area (Å²) in [5, 5.41) is 2.02. The molecule has 8 heteroatoms. The summed E-state index contributed by atoms with van der Waals surface area (Å²) in [7, 11) is -5.50. The number of ether oxygens (including phenoxy) is 1. The van der Waals surface area contributed by atoms with E-state index in [4.69, 9.17) is 4.74 Å². The highest BCUT2D eigenvalue weighted by Crippen LogP contribution is 2.25. The molecule has 2 rings (SSSR count). The molecular formula is C13H19NO5S2. The van der Waals surface area contributed by atoms with Crippen LogP contribution in [-0.2, 0) is 24.4 Å². The quantitative estimate of drug-likeness (QED) is 0.729. The number of nitrogens with one attached hydrogen (secondary N) is 1. The van der Waals surface area contributed by atoms with Crippen LogP contribution in [0.25, 0.3) is 0 Å². The highest BCUT2D eigenvalue weighted by Gasteiger charge is 2.45. The van der Waals surface area contributed by atoms with Gasteiger partial charge in [-0.3, -0.25) is 0 Å². The van der Waals surface area contributed by atoms with Gasteiger partial charge in [0.2, 0.25) is 0 Å². The molecule has 1 N–H and O–H groups in total. The SMILES string of the molecule is COCCNC1CS(=O)(=O)CC1S(=O)(=O)c1ccccc1. The average Bonchev–Trinajstić information content (AvgIpc) is 2.76. The Kier molecular flexibility index (Phi) is 5.03. The number of sulfone groups is 2. The second kappa shape index (κ2) is 6.43. The Morgan fingerprint density at radius 3 is 2.52 bits per heavy atom. The van der Waals surface area contributed by atoms with Gasteiger partial charge in [-0.25, -0.2) is 16.8 Å². The smallest absolute Gasteiger partial charge is 0.183 e. The fourth-order valence-electron chi connectivity index (χ4n) is 2.44. The summed E-state index contributed by atoms with van der Waals surface area (Å²) in [6.07, 6.45) is 0. The van der Waals surface area contributed by atoms with Crippen molar-refractivity contribution in [3.8, 4) is 0 Å². The first-order valence-electron chi connectivity index (χ1n) is 6.58. The summed E-state index contributed by atoms with van der Waals surface area (Å²) in [5.41, 5.74) is 0. The molecule has 1 fully saturated rings. The average molecular weight is 333 g/mol. The summed E-state index contributed by atoms with van der Waals surface area (Å²) in [4.78, 5) is 0.158. The van der Waals surface area contributed by atoms with Crippen LogP contribution in [0.2, 0.25) is 0 Å². The molecule has 0 aromatic heterocycles. The van der Waals surface area contributed by atoms with E-state index in [2.05, 4.69) is 5.32 Å². The molecule has 0 aliphatic carbocycles. The lowest BCUT2D eigenvalue weighted by Crippen LogP contribution is -2.44. The summed E-state index contributed by atoms with van der Waals surface area (Å²) < 4.78 is 53.8. The Morgan fingerprint density at radius 2 is 1.90 bits per heavy atom. The van der Waals surface area contributed by atoms with Crippen molar-refractivity contribution in [3.63, 3.8) is 0 Å². The Morgan fingerprint density at radius 1 is 1.24 bits per heavy atom. The zero-order valence-corrected chi connectivity index (χ0v) is 13.4. The van der Waals surface area contributed by atoms with Gasteiger partial charge in [0.1, 0.15) is 0 Å². The van der Waals surface area contributed by atoms with Crippen LogP contribution in [0.15, 0.2) is 35.2 Å². The van der Waals surface area contributed by atoms with Crippen LogP contribution in [-0.4, -0.2) is 59.9 Å². The van der Waals surface area contributed by atoms with Crippen LogP contribution in [0, 0.1) is 0 Å². The van der Waals surface area contributed by atoms with Gasteiger partial charge in [0.05, 0.1) is 28.3 Å². The maximum atomic E-state index is 12.6. The number of hydrogen-bond acceptors (Lipinski definition) is 6. The van der Waals surface area contributed by atoms with Crippen molar-refractivity contribution >= 4 is 19.7 Å². The predicted octanol–water partition coefficient (Wildman–Crippen LogP) is -0.138. The molecule has 2 atom stereocenters. The summed E-state index contributed by atoms with van der Waals surface area (Å²) in [6, 6.07) is 7.36. The lowest BCUT2D eigenvalue weighted by molar-refractivity contribution is 0.196. The Labute approximate surface area is 125 Å². The normalized spacial score (nSPS) is 25.0. The van der Waals surface area contributed by atoms with Crippen LogP contribution in [0.3, 0.4) is 0 Å². The van der Waals surface area contributed by atoms with E-state index in [9.17, 15) is 16.8 Å². The lowest BCUT2D eigenvalue weighted by atomic mass is 10.2. The zero-order chi connectivity index (χ0) is 15.5. The fourth-order valence-corrected chi connectivity index (χ4v) is 7.18. The number of hydrogen-bond donors (Lipinski definition) is 1. The number of benzene rings is 1. The van der Waals surface area contributed by atoms with E-state index in [0.29, 0.717) is 13.2 Å². The van der Waals surface area contributed by atoms with E-state index in [1.165, 1.54) is 19.2 Å². The van der Waals surface area contributed by atoms with Crippen LogP contribution >= 0.6 is 0 Å². The van der Waals surface area contributed by atoms with Gasteiger partial charge in [-0.15, -0.1) is 0 Å². The predicted molar refractivity (Wildman–Crippen MR) is 79.7 cm³/mol. The maximum Gasteiger partial charge on any atom is 0.183 e. The molecule has 1 heterocycles. The van der Waals surface area contributed by atoms with Gasteiger partial charge in [-0.1, -0.05) is 18.2 Å². The van der Waals surface area contributed by atoms with Crippen LogP contribution in [0.4, 0.5) is 0 Å². The third kappa shape index (κ3) is 3.82. The minimum Gasteiger partial charge on any atom is -0.383 e. The largest absolute Gasteiger partial charge is 0.383 e. The van der Waals surface area contributed by atoms with Gasteiger partial charge in [-0.2, -0.15) is 0 Å². The first kappa shape index (κ1) is 16.4. The first-order valence-corrected chi connectivity index (χ1v) is 9.95. The monoisotopic (exact) mass is 333 g/mol. The molecule has 1 aliphatic rings. The van der Waals surface area contributed by atoms with E-state index in [-0.39, 0.29) is 16.4 Å². The minimum absolute atomic E-state index is 0.158. The van der Waals surface area contributed by atoms with Gasteiger partial charge in [-0.05, 0) is 12.1 Å². The molecule has 2 unspecified atom stereocenters. The number of methoxy groups -OCH3 is 1. The van der Waals surface area contributed by atoms with E-state index in [0.717, 1.165) is 0 Å². The van der Waals surface area contributed by atoms with Gasteiger partial charge < -0.3 is 10.1 Å². The molecule has 1 aliphatic heterocycles. The fraction of sp³-hybridized carbons (Fsp3) is 0.538. The molecule has 0 spiro atoms. The molecule has 1 aromatic rings. The van der Waals surface area contributed by atoms with Crippen molar-refractivity contribution in [2.45, 2.75) is 16.2 Å². The lowest BCUT2D eigenvalue weighted by Gasteiger charge is -2.19. The highest BCUT2D eigenvalue weighted by atomic mass is 32.2. The second-order valence-corrected chi connectivity index (χ2v) is 9.35. The Balaban J connectivity index is 2.26.